The van der Waals surface area contributed by atoms with Crippen LogP contribution in [0.3, 0.4) is 0 Å². The second kappa shape index (κ2) is 11.0. The molecule has 2 amide bonds. The minimum atomic E-state index is -0.717. The highest BCUT2D eigenvalue weighted by molar-refractivity contribution is 6.13. The summed E-state index contributed by atoms with van der Waals surface area (Å²) >= 11 is 0. The Kier molecular flexibility index (Phi) is 6.98. The van der Waals surface area contributed by atoms with Crippen LogP contribution in [0.5, 0.6) is 5.75 Å². The van der Waals surface area contributed by atoms with Crippen LogP contribution < -0.4 is 15.5 Å². The molecule has 0 fully saturated rings. The molecule has 0 aliphatic heterocycles. The lowest BCUT2D eigenvalue weighted by molar-refractivity contribution is -0.384. The number of amides is 2. The van der Waals surface area contributed by atoms with Gasteiger partial charge in [-0.05, 0) is 35.0 Å². The van der Waals surface area contributed by atoms with Gasteiger partial charge >= 0.3 is 12.0 Å². The second-order valence-electron chi connectivity index (χ2n) is 7.99. The standard InChI is InChI=1S/C27H20N6O5/c34-26(31-30-25(19-7-2-1-3-8-19)20-10-13-22(14-11-20)33(35)36)28-27-32-29-24(38-27)17-37-23-15-12-18-6-4-5-9-21(18)16-23/h1-16H,17H2,(H2,28,31,32,34)/b30-25+. The summed E-state index contributed by atoms with van der Waals surface area (Å²) in [5.41, 5.74) is 4.03. The number of fused-ring (bicyclic) bond motifs is 1. The van der Waals surface area contributed by atoms with E-state index in [1.54, 1.807) is 24.3 Å². The molecule has 38 heavy (non-hydrogen) atoms. The minimum absolute atomic E-state index is 0.0189. The van der Waals surface area contributed by atoms with Crippen molar-refractivity contribution in [2.24, 2.45) is 5.10 Å². The Labute approximate surface area is 215 Å². The van der Waals surface area contributed by atoms with Crippen LogP contribution >= 0.6 is 0 Å². The predicted molar refractivity (Wildman–Crippen MR) is 140 cm³/mol. The fourth-order valence-corrected chi connectivity index (χ4v) is 3.63. The highest BCUT2D eigenvalue weighted by Gasteiger charge is 2.13. The van der Waals surface area contributed by atoms with Crippen LogP contribution in [0.1, 0.15) is 17.0 Å². The molecule has 11 heteroatoms. The third kappa shape index (κ3) is 5.79. The number of aromatic nitrogens is 2. The van der Waals surface area contributed by atoms with Gasteiger partial charge in [0.05, 0.1) is 10.6 Å². The van der Waals surface area contributed by atoms with Gasteiger partial charge in [-0.2, -0.15) is 5.10 Å². The molecule has 0 bridgehead atoms. The number of benzene rings is 4. The second-order valence-corrected chi connectivity index (χ2v) is 7.99. The zero-order valence-corrected chi connectivity index (χ0v) is 19.8. The van der Waals surface area contributed by atoms with Gasteiger partial charge in [-0.15, -0.1) is 5.10 Å². The maximum Gasteiger partial charge on any atom is 0.343 e. The molecule has 0 unspecified atom stereocenters. The zero-order chi connectivity index (χ0) is 26.3. The summed E-state index contributed by atoms with van der Waals surface area (Å²) < 4.78 is 11.2. The monoisotopic (exact) mass is 508 g/mol. The lowest BCUT2D eigenvalue weighted by Gasteiger charge is -2.08. The van der Waals surface area contributed by atoms with Crippen LogP contribution in [0, 0.1) is 10.1 Å². The molecule has 0 saturated carbocycles. The SMILES string of the molecule is O=C(N/N=C(\c1ccccc1)c1ccc([N+](=O)[O-])cc1)Nc1nnc(COc2ccc3ccccc3c2)o1. The molecule has 2 N–H and O–H groups in total. The molecule has 0 atom stereocenters. The fourth-order valence-electron chi connectivity index (χ4n) is 3.63. The van der Waals surface area contributed by atoms with Crippen LogP contribution in [0.4, 0.5) is 16.5 Å². The van der Waals surface area contributed by atoms with Crippen LogP contribution in [0.25, 0.3) is 10.8 Å². The fraction of sp³-hybridized carbons (Fsp3) is 0.0370. The lowest BCUT2D eigenvalue weighted by atomic mass is 10.0. The zero-order valence-electron chi connectivity index (χ0n) is 19.8. The number of nitrogens with one attached hydrogen (secondary N) is 2. The number of hydrogen-bond donors (Lipinski definition) is 2. The molecule has 5 aromatic rings. The average Bonchev–Trinajstić information content (AvgIpc) is 3.40. The number of non-ortho nitro benzene ring substituents is 1. The largest absolute Gasteiger partial charge is 0.484 e. The first kappa shape index (κ1) is 24.1. The van der Waals surface area contributed by atoms with Crippen LogP contribution in [0.2, 0.25) is 0 Å². The molecule has 188 valence electrons. The van der Waals surface area contributed by atoms with E-state index in [0.29, 0.717) is 22.6 Å². The number of anilines is 1. The van der Waals surface area contributed by atoms with Crippen LogP contribution in [-0.2, 0) is 6.61 Å². The van der Waals surface area contributed by atoms with E-state index in [4.69, 9.17) is 9.15 Å². The van der Waals surface area contributed by atoms with Crippen molar-refractivity contribution in [3.05, 3.63) is 124 Å². The van der Waals surface area contributed by atoms with Crippen molar-refractivity contribution >= 4 is 34.2 Å². The molecular formula is C27H20N6O5. The van der Waals surface area contributed by atoms with Crippen LogP contribution in [-0.4, -0.2) is 26.9 Å². The Morgan fingerprint density at radius 3 is 2.37 bits per heavy atom. The van der Waals surface area contributed by atoms with E-state index in [2.05, 4.69) is 26.0 Å². The Bertz CT molecular complexity index is 1620. The van der Waals surface area contributed by atoms with Gasteiger partial charge in [0.15, 0.2) is 6.61 Å². The van der Waals surface area contributed by atoms with Crippen molar-refractivity contribution in [1.29, 1.82) is 0 Å². The maximum absolute atomic E-state index is 12.5. The van der Waals surface area contributed by atoms with E-state index in [1.165, 1.54) is 12.1 Å². The smallest absolute Gasteiger partial charge is 0.343 e. The molecule has 0 aliphatic carbocycles. The summed E-state index contributed by atoms with van der Waals surface area (Å²) in [7, 11) is 0. The van der Waals surface area contributed by atoms with Gasteiger partial charge in [0.25, 0.3) is 11.6 Å². The number of urea groups is 1. The minimum Gasteiger partial charge on any atom is -0.484 e. The van der Waals surface area contributed by atoms with E-state index in [1.807, 2.05) is 60.7 Å². The Morgan fingerprint density at radius 2 is 1.61 bits per heavy atom. The normalized spacial score (nSPS) is 11.2. The number of carbonyl (C=O) groups is 1. The average molecular weight is 508 g/mol. The number of nitrogens with zero attached hydrogens (tertiary/aromatic N) is 4. The van der Waals surface area contributed by atoms with Gasteiger partial charge < -0.3 is 9.15 Å². The van der Waals surface area contributed by atoms with Gasteiger partial charge in [0.1, 0.15) is 5.75 Å². The van der Waals surface area contributed by atoms with Crippen molar-refractivity contribution in [3.8, 4) is 5.75 Å². The van der Waals surface area contributed by atoms with Gasteiger partial charge in [0.2, 0.25) is 0 Å². The number of hydrogen-bond acceptors (Lipinski definition) is 8. The molecular weight excluding hydrogens is 488 g/mol. The topological polar surface area (TPSA) is 145 Å². The molecule has 1 heterocycles. The summed E-state index contributed by atoms with van der Waals surface area (Å²) in [5, 5.41) is 27.5. The molecule has 11 nitrogen and oxygen atoms in total. The third-order valence-electron chi connectivity index (χ3n) is 5.44. The highest BCUT2D eigenvalue weighted by atomic mass is 16.6. The van der Waals surface area contributed by atoms with Gasteiger partial charge in [-0.25, -0.2) is 10.2 Å². The first-order valence-corrected chi connectivity index (χ1v) is 11.4. The van der Waals surface area contributed by atoms with Crippen molar-refractivity contribution in [1.82, 2.24) is 15.6 Å². The number of hydrazone groups is 1. The van der Waals surface area contributed by atoms with E-state index in [0.717, 1.165) is 10.8 Å². The van der Waals surface area contributed by atoms with E-state index in [9.17, 15) is 14.9 Å². The molecule has 0 aliphatic rings. The molecule has 0 spiro atoms. The predicted octanol–water partition coefficient (Wildman–Crippen LogP) is 5.28. The van der Waals surface area contributed by atoms with Gasteiger partial charge in [-0.3, -0.25) is 15.4 Å². The van der Waals surface area contributed by atoms with Crippen LogP contribution in [0.15, 0.2) is 107 Å². The van der Waals surface area contributed by atoms with Crippen molar-refractivity contribution in [2.45, 2.75) is 6.61 Å². The van der Waals surface area contributed by atoms with E-state index >= 15 is 0 Å². The molecule has 0 radical (unpaired) electrons. The van der Waals surface area contributed by atoms with E-state index in [-0.39, 0.29) is 24.2 Å². The third-order valence-corrected chi connectivity index (χ3v) is 5.44. The van der Waals surface area contributed by atoms with Gasteiger partial charge in [-0.1, -0.05) is 65.8 Å². The van der Waals surface area contributed by atoms with Crippen molar-refractivity contribution in [2.75, 3.05) is 5.32 Å². The number of rotatable bonds is 8. The first-order chi connectivity index (χ1) is 18.5. The number of ether oxygens (including phenoxy) is 1. The number of carbonyl (C=O) groups excluding carboxylic acids is 1. The lowest BCUT2D eigenvalue weighted by Crippen LogP contribution is -2.26. The Hall–Kier alpha value is -5.58. The number of nitro benzene ring substituents is 1. The summed E-state index contributed by atoms with van der Waals surface area (Å²) in [6, 6.07) is 27.7. The molecule has 5 rings (SSSR count). The Balaban J connectivity index is 1.23. The van der Waals surface area contributed by atoms with Crippen molar-refractivity contribution in [3.63, 3.8) is 0 Å². The molecule has 0 saturated heterocycles. The molecule has 1 aromatic heterocycles. The quantitative estimate of drug-likeness (QED) is 0.165. The van der Waals surface area contributed by atoms with Gasteiger partial charge in [0, 0.05) is 23.3 Å². The summed E-state index contributed by atoms with van der Waals surface area (Å²) in [5.74, 6) is 0.816. The highest BCUT2D eigenvalue weighted by Crippen LogP contribution is 2.21. The first-order valence-electron chi connectivity index (χ1n) is 11.4. The number of nitro groups is 1. The summed E-state index contributed by atoms with van der Waals surface area (Å²) in [4.78, 5) is 23.0. The van der Waals surface area contributed by atoms with Crippen molar-refractivity contribution < 1.29 is 18.9 Å². The Morgan fingerprint density at radius 1 is 0.895 bits per heavy atom. The maximum atomic E-state index is 12.5. The summed E-state index contributed by atoms with van der Waals surface area (Å²) in [6.45, 7) is 0.0189. The molecule has 4 aromatic carbocycles. The van der Waals surface area contributed by atoms with E-state index < -0.39 is 11.0 Å². The summed E-state index contributed by atoms with van der Waals surface area (Å²) in [6.07, 6.45) is 0.